The van der Waals surface area contributed by atoms with Crippen LogP contribution in [0.4, 0.5) is 0 Å². The van der Waals surface area contributed by atoms with Crippen molar-refractivity contribution in [1.29, 1.82) is 0 Å². The van der Waals surface area contributed by atoms with Crippen LogP contribution in [-0.4, -0.2) is 20.9 Å². The van der Waals surface area contributed by atoms with E-state index in [1.54, 1.807) is 36.9 Å². The highest BCUT2D eigenvalue weighted by Gasteiger charge is 2.15. The Labute approximate surface area is 134 Å². The van der Waals surface area contributed by atoms with Gasteiger partial charge in [0.05, 0.1) is 16.4 Å². The standard InChI is InChI=1S/C13H12ClIN2O3/c1-7-12(14)10(17(2)16-7)6-20-11-4-3-8(15)5-9(11)13(18)19/h3-5H,6H2,1-2H3,(H,18,19). The minimum atomic E-state index is -1.02. The number of carboxylic acid groups (broad SMARTS) is 1. The van der Waals surface area contributed by atoms with Crippen LogP contribution < -0.4 is 4.74 Å². The maximum atomic E-state index is 11.2. The summed E-state index contributed by atoms with van der Waals surface area (Å²) in [5.41, 5.74) is 1.56. The third-order valence-corrected chi connectivity index (χ3v) is 3.96. The van der Waals surface area contributed by atoms with E-state index in [0.717, 1.165) is 3.57 Å². The summed E-state index contributed by atoms with van der Waals surface area (Å²) in [5, 5.41) is 13.9. The van der Waals surface area contributed by atoms with Gasteiger partial charge in [0, 0.05) is 10.6 Å². The Balaban J connectivity index is 2.25. The molecule has 0 amide bonds. The van der Waals surface area contributed by atoms with E-state index >= 15 is 0 Å². The molecule has 5 nitrogen and oxygen atoms in total. The minimum Gasteiger partial charge on any atom is -0.486 e. The van der Waals surface area contributed by atoms with Crippen LogP contribution in [0.25, 0.3) is 0 Å². The highest BCUT2D eigenvalue weighted by atomic mass is 127. The van der Waals surface area contributed by atoms with Crippen molar-refractivity contribution in [3.8, 4) is 5.75 Å². The number of benzene rings is 1. The quantitative estimate of drug-likeness (QED) is 0.792. The highest BCUT2D eigenvalue weighted by molar-refractivity contribution is 14.1. The van der Waals surface area contributed by atoms with Crippen molar-refractivity contribution in [2.75, 3.05) is 0 Å². The number of aromatic nitrogens is 2. The number of rotatable bonds is 4. The summed E-state index contributed by atoms with van der Waals surface area (Å²) >= 11 is 8.18. The number of hydrogen-bond donors (Lipinski definition) is 1. The molecule has 0 saturated carbocycles. The molecule has 1 N–H and O–H groups in total. The van der Waals surface area contributed by atoms with E-state index in [0.29, 0.717) is 22.2 Å². The molecule has 0 saturated heterocycles. The van der Waals surface area contributed by atoms with E-state index in [9.17, 15) is 9.90 Å². The summed E-state index contributed by atoms with van der Waals surface area (Å²) in [6.45, 7) is 1.97. The van der Waals surface area contributed by atoms with Crippen LogP contribution in [0.1, 0.15) is 21.7 Å². The Bertz CT molecular complexity index is 670. The lowest BCUT2D eigenvalue weighted by Gasteiger charge is -2.10. The average molecular weight is 407 g/mol. The lowest BCUT2D eigenvalue weighted by molar-refractivity contribution is 0.0691. The molecule has 0 radical (unpaired) electrons. The molecule has 106 valence electrons. The van der Waals surface area contributed by atoms with Gasteiger partial charge in [0.25, 0.3) is 0 Å². The van der Waals surface area contributed by atoms with Gasteiger partial charge in [-0.3, -0.25) is 4.68 Å². The number of halogens is 2. The topological polar surface area (TPSA) is 64.4 Å². The predicted molar refractivity (Wildman–Crippen MR) is 83.4 cm³/mol. The third-order valence-electron chi connectivity index (χ3n) is 2.80. The second kappa shape index (κ2) is 6.01. The first-order valence-electron chi connectivity index (χ1n) is 5.73. The van der Waals surface area contributed by atoms with E-state index in [2.05, 4.69) is 27.7 Å². The van der Waals surface area contributed by atoms with Gasteiger partial charge in [-0.1, -0.05) is 11.6 Å². The first-order valence-corrected chi connectivity index (χ1v) is 7.19. The molecule has 0 fully saturated rings. The van der Waals surface area contributed by atoms with Crippen molar-refractivity contribution in [2.45, 2.75) is 13.5 Å². The molecular formula is C13H12ClIN2O3. The molecule has 0 aliphatic carbocycles. The van der Waals surface area contributed by atoms with Gasteiger partial charge in [-0.05, 0) is 47.7 Å². The number of aryl methyl sites for hydroxylation is 2. The Morgan fingerprint density at radius 1 is 1.55 bits per heavy atom. The molecule has 1 aromatic heterocycles. The summed E-state index contributed by atoms with van der Waals surface area (Å²) in [4.78, 5) is 11.2. The smallest absolute Gasteiger partial charge is 0.339 e. The van der Waals surface area contributed by atoms with E-state index in [4.69, 9.17) is 16.3 Å². The largest absolute Gasteiger partial charge is 0.486 e. The lowest BCUT2D eigenvalue weighted by atomic mass is 10.2. The molecule has 0 aliphatic rings. The van der Waals surface area contributed by atoms with Gasteiger partial charge >= 0.3 is 5.97 Å². The van der Waals surface area contributed by atoms with Crippen LogP contribution in [0.5, 0.6) is 5.75 Å². The van der Waals surface area contributed by atoms with Crippen molar-refractivity contribution in [2.24, 2.45) is 7.05 Å². The van der Waals surface area contributed by atoms with Crippen molar-refractivity contribution in [3.05, 3.63) is 43.7 Å². The summed E-state index contributed by atoms with van der Waals surface area (Å²) < 4.78 is 8.05. The Kier molecular flexibility index (Phi) is 4.54. The van der Waals surface area contributed by atoms with Crippen LogP contribution in [-0.2, 0) is 13.7 Å². The predicted octanol–water partition coefficient (Wildman–Crippen LogP) is 3.26. The van der Waals surface area contributed by atoms with Gasteiger partial charge in [-0.2, -0.15) is 5.10 Å². The molecule has 0 atom stereocenters. The van der Waals surface area contributed by atoms with E-state index in [-0.39, 0.29) is 12.2 Å². The first-order chi connectivity index (χ1) is 9.40. The van der Waals surface area contributed by atoms with Crippen LogP contribution in [0.3, 0.4) is 0 Å². The number of nitrogens with zero attached hydrogens (tertiary/aromatic N) is 2. The zero-order chi connectivity index (χ0) is 14.9. The number of carboxylic acids is 1. The van der Waals surface area contributed by atoms with Crippen LogP contribution in [0.2, 0.25) is 5.02 Å². The van der Waals surface area contributed by atoms with Gasteiger partial charge < -0.3 is 9.84 Å². The van der Waals surface area contributed by atoms with Crippen LogP contribution in [0, 0.1) is 10.5 Å². The zero-order valence-corrected chi connectivity index (χ0v) is 13.8. The van der Waals surface area contributed by atoms with Crippen LogP contribution in [0.15, 0.2) is 18.2 Å². The van der Waals surface area contributed by atoms with Crippen molar-refractivity contribution >= 4 is 40.2 Å². The van der Waals surface area contributed by atoms with Gasteiger partial charge in [-0.25, -0.2) is 4.79 Å². The molecule has 20 heavy (non-hydrogen) atoms. The van der Waals surface area contributed by atoms with E-state index in [1.165, 1.54) is 0 Å². The summed E-state index contributed by atoms with van der Waals surface area (Å²) in [6, 6.07) is 5.00. The molecule has 0 unspecified atom stereocenters. The summed E-state index contributed by atoms with van der Waals surface area (Å²) in [7, 11) is 1.77. The second-order valence-electron chi connectivity index (χ2n) is 4.20. The highest BCUT2D eigenvalue weighted by Crippen LogP contribution is 2.25. The van der Waals surface area contributed by atoms with Crippen molar-refractivity contribution in [3.63, 3.8) is 0 Å². The average Bonchev–Trinajstić information content (AvgIpc) is 2.62. The molecule has 1 heterocycles. The molecule has 1 aromatic carbocycles. The summed E-state index contributed by atoms with van der Waals surface area (Å²) in [6.07, 6.45) is 0. The SMILES string of the molecule is Cc1nn(C)c(COc2ccc(I)cc2C(=O)O)c1Cl. The molecule has 0 aliphatic heterocycles. The Hall–Kier alpha value is -1.28. The maximum absolute atomic E-state index is 11.2. The van der Waals surface area contributed by atoms with Gasteiger partial charge in [0.15, 0.2) is 0 Å². The fourth-order valence-electron chi connectivity index (χ4n) is 1.78. The normalized spacial score (nSPS) is 10.6. The Morgan fingerprint density at radius 2 is 2.25 bits per heavy atom. The molecule has 2 rings (SSSR count). The van der Waals surface area contributed by atoms with E-state index in [1.807, 2.05) is 0 Å². The molecule has 7 heteroatoms. The number of hydrogen-bond acceptors (Lipinski definition) is 3. The second-order valence-corrected chi connectivity index (χ2v) is 5.83. The zero-order valence-electron chi connectivity index (χ0n) is 10.9. The minimum absolute atomic E-state index is 0.131. The number of aromatic carboxylic acids is 1. The fourth-order valence-corrected chi connectivity index (χ4v) is 2.48. The van der Waals surface area contributed by atoms with E-state index < -0.39 is 5.97 Å². The van der Waals surface area contributed by atoms with Gasteiger partial charge in [-0.15, -0.1) is 0 Å². The Morgan fingerprint density at radius 3 is 2.80 bits per heavy atom. The fraction of sp³-hybridized carbons (Fsp3) is 0.231. The number of ether oxygens (including phenoxy) is 1. The monoisotopic (exact) mass is 406 g/mol. The molecular weight excluding hydrogens is 395 g/mol. The maximum Gasteiger partial charge on any atom is 0.339 e. The first kappa shape index (κ1) is 15.1. The summed E-state index contributed by atoms with van der Waals surface area (Å²) in [5.74, 6) is -0.710. The lowest BCUT2D eigenvalue weighted by Crippen LogP contribution is -2.07. The third kappa shape index (κ3) is 3.06. The van der Waals surface area contributed by atoms with Crippen LogP contribution >= 0.6 is 34.2 Å². The van der Waals surface area contributed by atoms with Crippen molar-refractivity contribution in [1.82, 2.24) is 9.78 Å². The molecule has 0 bridgehead atoms. The molecule has 0 spiro atoms. The number of carbonyl (C=O) groups is 1. The van der Waals surface area contributed by atoms with Crippen molar-refractivity contribution < 1.29 is 14.6 Å². The van der Waals surface area contributed by atoms with Gasteiger partial charge in [0.2, 0.25) is 0 Å². The van der Waals surface area contributed by atoms with Gasteiger partial charge in [0.1, 0.15) is 17.9 Å². The molecule has 2 aromatic rings.